The first kappa shape index (κ1) is 28.2. The third-order valence-electron chi connectivity index (χ3n) is 3.94. The number of halogens is 4. The van der Waals surface area contributed by atoms with E-state index in [-0.39, 0.29) is 18.4 Å². The summed E-state index contributed by atoms with van der Waals surface area (Å²) in [5.41, 5.74) is 3.65. The molecule has 3 heterocycles. The fourth-order valence-corrected chi connectivity index (χ4v) is 3.13. The second-order valence-corrected chi connectivity index (χ2v) is 7.81. The highest BCUT2D eigenvalue weighted by atomic mass is 35.5. The number of aliphatic hydroxyl groups is 2. The van der Waals surface area contributed by atoms with Gasteiger partial charge in [-0.05, 0) is 42.2 Å². The van der Waals surface area contributed by atoms with Crippen LogP contribution in [-0.2, 0) is 26.1 Å². The van der Waals surface area contributed by atoms with Crippen molar-refractivity contribution in [3.05, 3.63) is 85.1 Å². The van der Waals surface area contributed by atoms with Gasteiger partial charge in [0.2, 0.25) is 0 Å². The molecule has 0 atom stereocenters. The summed E-state index contributed by atoms with van der Waals surface area (Å²) in [6.07, 6.45) is 7.00. The average molecular weight is 519 g/mol. The average Bonchev–Trinajstić information content (AvgIpc) is 2.81. The number of aromatic nitrogens is 3. The van der Waals surface area contributed by atoms with Crippen LogP contribution in [0.5, 0.6) is 0 Å². The summed E-state index contributed by atoms with van der Waals surface area (Å²) in [5.74, 6) is 0. The summed E-state index contributed by atoms with van der Waals surface area (Å²) in [5, 5.41) is 19.2. The molecule has 0 saturated heterocycles. The summed E-state index contributed by atoms with van der Waals surface area (Å²) in [7, 11) is 0. The van der Waals surface area contributed by atoms with Gasteiger partial charge in [-0.1, -0.05) is 60.3 Å². The van der Waals surface area contributed by atoms with Crippen LogP contribution in [-0.4, -0.2) is 31.5 Å². The minimum Gasteiger partial charge on any atom is -0.392 e. The van der Waals surface area contributed by atoms with Gasteiger partial charge >= 0.3 is 0 Å². The number of hydrogen-bond acceptors (Lipinski definition) is 6. The van der Waals surface area contributed by atoms with Crippen molar-refractivity contribution in [3.63, 3.8) is 0 Å². The van der Waals surface area contributed by atoms with Crippen LogP contribution in [0.2, 0.25) is 20.2 Å². The lowest BCUT2D eigenvalue weighted by molar-refractivity contribution is 0.112. The summed E-state index contributed by atoms with van der Waals surface area (Å²) < 4.78 is 0. The van der Waals surface area contributed by atoms with Gasteiger partial charge in [0.1, 0.15) is 5.15 Å². The fraction of sp³-hybridized carbons (Fsp3) is 0.273. The van der Waals surface area contributed by atoms with Gasteiger partial charge in [0.15, 0.2) is 6.29 Å². The molecule has 6 nitrogen and oxygen atoms in total. The molecule has 0 aliphatic rings. The molecule has 0 fully saturated rings. The Bertz CT molecular complexity index is 1020. The first-order valence-electron chi connectivity index (χ1n) is 9.53. The normalized spacial score (nSPS) is 9.88. The number of aldehydes is 1. The predicted octanol–water partition coefficient (Wildman–Crippen LogP) is 5.78. The molecular weight excluding hydrogens is 496 g/mol. The Morgan fingerprint density at radius 3 is 1.62 bits per heavy atom. The number of nitrogens with zero attached hydrogens (tertiary/aromatic N) is 3. The largest absolute Gasteiger partial charge is 0.392 e. The van der Waals surface area contributed by atoms with Gasteiger partial charge in [0, 0.05) is 24.2 Å². The molecule has 2 N–H and O–H groups in total. The number of carbonyl (C=O) groups is 1. The van der Waals surface area contributed by atoms with E-state index >= 15 is 0 Å². The summed E-state index contributed by atoms with van der Waals surface area (Å²) in [6.45, 7) is 3.89. The third-order valence-corrected chi connectivity index (χ3v) is 5.28. The number of rotatable bonds is 5. The SMILES string of the molecule is CCc1ncc(C=O)cc1Cl.CCc1ncc(CO)cc1Cl.OCc1cnc(Cl)c(Cl)c1. The van der Waals surface area contributed by atoms with Crippen molar-refractivity contribution < 1.29 is 15.0 Å². The van der Waals surface area contributed by atoms with Gasteiger partial charge in [-0.25, -0.2) is 4.98 Å². The number of aliphatic hydroxyl groups excluding tert-OH is 2. The molecule has 3 rings (SSSR count). The highest BCUT2D eigenvalue weighted by Gasteiger charge is 2.01. The van der Waals surface area contributed by atoms with Crippen molar-refractivity contribution >= 4 is 52.7 Å². The molecule has 0 saturated carbocycles. The van der Waals surface area contributed by atoms with E-state index in [4.69, 9.17) is 56.6 Å². The van der Waals surface area contributed by atoms with Crippen molar-refractivity contribution in [2.24, 2.45) is 0 Å². The van der Waals surface area contributed by atoms with Crippen molar-refractivity contribution in [2.75, 3.05) is 0 Å². The van der Waals surface area contributed by atoms with E-state index in [2.05, 4.69) is 15.0 Å². The second-order valence-electron chi connectivity index (χ2n) is 6.23. The Balaban J connectivity index is 0.000000240. The molecule has 0 spiro atoms. The van der Waals surface area contributed by atoms with Crippen LogP contribution in [0.3, 0.4) is 0 Å². The molecule has 0 radical (unpaired) electrons. The maximum absolute atomic E-state index is 10.3. The monoisotopic (exact) mass is 517 g/mol. The van der Waals surface area contributed by atoms with E-state index in [9.17, 15) is 4.79 Å². The fourth-order valence-electron chi connectivity index (χ4n) is 2.21. The van der Waals surface area contributed by atoms with E-state index in [1.54, 1.807) is 24.4 Å². The maximum Gasteiger partial charge on any atom is 0.151 e. The minimum atomic E-state index is -0.0656. The van der Waals surface area contributed by atoms with Crippen LogP contribution in [0.25, 0.3) is 0 Å². The second kappa shape index (κ2) is 15.1. The van der Waals surface area contributed by atoms with Gasteiger partial charge in [-0.3, -0.25) is 14.8 Å². The van der Waals surface area contributed by atoms with Gasteiger partial charge in [0.25, 0.3) is 0 Å². The maximum atomic E-state index is 10.3. The zero-order chi connectivity index (χ0) is 24.1. The highest BCUT2D eigenvalue weighted by Crippen LogP contribution is 2.19. The molecule has 0 aromatic carbocycles. The zero-order valence-electron chi connectivity index (χ0n) is 17.5. The molecule has 3 aromatic heterocycles. The lowest BCUT2D eigenvalue weighted by atomic mass is 10.2. The Labute approximate surface area is 207 Å². The Kier molecular flexibility index (Phi) is 13.3. The third kappa shape index (κ3) is 9.36. The topological polar surface area (TPSA) is 96.2 Å². The quantitative estimate of drug-likeness (QED) is 0.328. The van der Waals surface area contributed by atoms with E-state index in [0.29, 0.717) is 26.2 Å². The molecule has 0 aliphatic heterocycles. The Morgan fingerprint density at radius 1 is 0.750 bits per heavy atom. The van der Waals surface area contributed by atoms with Crippen LogP contribution in [0, 0.1) is 0 Å². The van der Waals surface area contributed by atoms with Crippen molar-refractivity contribution in [1.29, 1.82) is 0 Å². The highest BCUT2D eigenvalue weighted by molar-refractivity contribution is 6.41. The van der Waals surface area contributed by atoms with E-state index in [1.807, 2.05) is 13.8 Å². The van der Waals surface area contributed by atoms with Crippen LogP contribution >= 0.6 is 46.4 Å². The Morgan fingerprint density at radius 2 is 1.22 bits per heavy atom. The summed E-state index contributed by atoms with van der Waals surface area (Å²) in [4.78, 5) is 22.1. The molecule has 0 bridgehead atoms. The van der Waals surface area contributed by atoms with Crippen molar-refractivity contribution in [3.8, 4) is 0 Å². The minimum absolute atomic E-state index is 0.00326. The van der Waals surface area contributed by atoms with Crippen molar-refractivity contribution in [2.45, 2.75) is 39.9 Å². The van der Waals surface area contributed by atoms with Crippen LogP contribution in [0.15, 0.2) is 36.8 Å². The Hall–Kier alpha value is -1.80. The van der Waals surface area contributed by atoms with E-state index in [0.717, 1.165) is 36.1 Å². The lowest BCUT2D eigenvalue weighted by Gasteiger charge is -2.00. The molecule has 0 amide bonds. The number of pyridine rings is 3. The molecule has 10 heteroatoms. The number of aryl methyl sites for hydroxylation is 2. The summed E-state index contributed by atoms with van der Waals surface area (Å²) in [6, 6.07) is 4.95. The van der Waals surface area contributed by atoms with Gasteiger partial charge in [-0.15, -0.1) is 0 Å². The number of hydrogen-bond donors (Lipinski definition) is 2. The lowest BCUT2D eigenvalue weighted by Crippen LogP contribution is -1.91. The first-order chi connectivity index (χ1) is 15.3. The van der Waals surface area contributed by atoms with Crippen LogP contribution < -0.4 is 0 Å². The molecule has 3 aromatic rings. The van der Waals surface area contributed by atoms with E-state index in [1.165, 1.54) is 12.4 Å². The molecule has 0 unspecified atom stereocenters. The van der Waals surface area contributed by atoms with Gasteiger partial charge < -0.3 is 10.2 Å². The van der Waals surface area contributed by atoms with E-state index < -0.39 is 0 Å². The molecular formula is C22H23Cl4N3O3. The van der Waals surface area contributed by atoms with Crippen molar-refractivity contribution in [1.82, 2.24) is 15.0 Å². The molecule has 32 heavy (non-hydrogen) atoms. The first-order valence-corrected chi connectivity index (χ1v) is 11.0. The van der Waals surface area contributed by atoms with Gasteiger partial charge in [-0.2, -0.15) is 0 Å². The standard InChI is InChI=1S/C8H10ClNO.C8H8ClNO.C6H5Cl2NO/c2*1-2-8-7(9)3-6(5-11)4-10-8;7-5-1-4(3-10)2-9-6(5)8/h3-4,11H,2,5H2,1H3;3-5H,2H2,1H3;1-2,10H,3H2. The van der Waals surface area contributed by atoms with Crippen LogP contribution in [0.4, 0.5) is 0 Å². The number of carbonyl (C=O) groups excluding carboxylic acids is 1. The zero-order valence-corrected chi connectivity index (χ0v) is 20.5. The van der Waals surface area contributed by atoms with Gasteiger partial charge in [0.05, 0.1) is 39.7 Å². The smallest absolute Gasteiger partial charge is 0.151 e. The molecule has 172 valence electrons. The van der Waals surface area contributed by atoms with Crippen LogP contribution in [0.1, 0.15) is 46.7 Å². The molecule has 0 aliphatic carbocycles. The predicted molar refractivity (Wildman–Crippen MR) is 129 cm³/mol. The summed E-state index contributed by atoms with van der Waals surface area (Å²) >= 11 is 22.7.